The summed E-state index contributed by atoms with van der Waals surface area (Å²) in [6, 6.07) is 4.86. The summed E-state index contributed by atoms with van der Waals surface area (Å²) in [5.74, 6) is -0.198. The van der Waals surface area contributed by atoms with Crippen LogP contribution in [0.1, 0.15) is 5.56 Å². The number of thioether (sulfide) groups is 1. The maximum atomic E-state index is 12.0. The van der Waals surface area contributed by atoms with Crippen LogP contribution < -0.4 is 0 Å². The van der Waals surface area contributed by atoms with Crippen LogP contribution in [0.15, 0.2) is 40.2 Å². The van der Waals surface area contributed by atoms with Gasteiger partial charge < -0.3 is 5.11 Å². The van der Waals surface area contributed by atoms with E-state index in [2.05, 4.69) is 22.5 Å². The molecule has 19 heavy (non-hydrogen) atoms. The average Bonchev–Trinajstić information content (AvgIpc) is 2.62. The smallest absolute Gasteiger partial charge is 0.293 e. The number of rotatable bonds is 3. The molecule has 1 heterocycles. The molecule has 0 aliphatic carbocycles. The first-order chi connectivity index (χ1) is 9.02. The number of hydrogen-bond donors (Lipinski definition) is 1. The molecule has 4 nitrogen and oxygen atoms in total. The number of carbonyl (C=O) groups is 2. The predicted molar refractivity (Wildman–Crippen MR) is 78.7 cm³/mol. The second-order valence-electron chi connectivity index (χ2n) is 3.79. The van der Waals surface area contributed by atoms with Gasteiger partial charge in [-0.25, -0.2) is 0 Å². The van der Waals surface area contributed by atoms with Crippen LogP contribution in [0.2, 0.25) is 0 Å². The Morgan fingerprint density at radius 3 is 2.79 bits per heavy atom. The zero-order valence-corrected chi connectivity index (χ0v) is 12.2. The van der Waals surface area contributed by atoms with E-state index >= 15 is 0 Å². The van der Waals surface area contributed by atoms with Crippen LogP contribution >= 0.6 is 27.7 Å². The van der Waals surface area contributed by atoms with Crippen molar-refractivity contribution >= 4 is 44.9 Å². The Morgan fingerprint density at radius 2 is 2.16 bits per heavy atom. The van der Waals surface area contributed by atoms with Crippen molar-refractivity contribution in [1.82, 2.24) is 4.90 Å². The van der Waals surface area contributed by atoms with E-state index < -0.39 is 0 Å². The van der Waals surface area contributed by atoms with Gasteiger partial charge >= 0.3 is 0 Å². The zero-order valence-electron chi connectivity index (χ0n) is 9.80. The van der Waals surface area contributed by atoms with Gasteiger partial charge in [-0.05, 0) is 51.5 Å². The summed E-state index contributed by atoms with van der Waals surface area (Å²) >= 11 is 4.10. The van der Waals surface area contributed by atoms with E-state index in [0.29, 0.717) is 9.38 Å². The number of hydrogen-bond acceptors (Lipinski definition) is 4. The van der Waals surface area contributed by atoms with Crippen molar-refractivity contribution in [3.8, 4) is 5.75 Å². The molecule has 6 heteroatoms. The maximum absolute atomic E-state index is 12.0. The van der Waals surface area contributed by atoms with Crippen molar-refractivity contribution in [2.24, 2.45) is 0 Å². The van der Waals surface area contributed by atoms with Crippen LogP contribution in [0.5, 0.6) is 5.75 Å². The van der Waals surface area contributed by atoms with Crippen LogP contribution in [-0.2, 0) is 4.79 Å². The van der Waals surface area contributed by atoms with Gasteiger partial charge in [0.15, 0.2) is 0 Å². The molecule has 0 radical (unpaired) electrons. The van der Waals surface area contributed by atoms with Crippen molar-refractivity contribution in [3.05, 3.63) is 45.8 Å². The third-order valence-corrected chi connectivity index (χ3v) is 4.00. The lowest BCUT2D eigenvalue weighted by molar-refractivity contribution is -0.122. The highest BCUT2D eigenvalue weighted by atomic mass is 79.9. The van der Waals surface area contributed by atoms with Crippen LogP contribution in [0, 0.1) is 0 Å². The van der Waals surface area contributed by atoms with E-state index in [4.69, 9.17) is 0 Å². The van der Waals surface area contributed by atoms with Gasteiger partial charge in [-0.2, -0.15) is 0 Å². The van der Waals surface area contributed by atoms with Gasteiger partial charge in [0.05, 0.1) is 9.38 Å². The van der Waals surface area contributed by atoms with E-state index in [-0.39, 0.29) is 23.4 Å². The lowest BCUT2D eigenvalue weighted by Gasteiger charge is -2.07. The maximum Gasteiger partial charge on any atom is 0.293 e. The Hall–Kier alpha value is -1.53. The zero-order chi connectivity index (χ0) is 14.0. The molecule has 0 aromatic heterocycles. The van der Waals surface area contributed by atoms with E-state index in [1.807, 2.05) is 0 Å². The van der Waals surface area contributed by atoms with Gasteiger partial charge in [-0.1, -0.05) is 12.1 Å². The molecule has 1 N–H and O–H groups in total. The summed E-state index contributed by atoms with van der Waals surface area (Å²) in [5.41, 5.74) is 0.730. The predicted octanol–water partition coefficient (Wildman–Crippen LogP) is 3.38. The second kappa shape index (κ2) is 5.63. The molecule has 2 rings (SSSR count). The molecule has 1 saturated heterocycles. The van der Waals surface area contributed by atoms with E-state index in [1.54, 1.807) is 18.2 Å². The van der Waals surface area contributed by atoms with Gasteiger partial charge in [-0.15, -0.1) is 6.58 Å². The molecule has 2 amide bonds. The minimum absolute atomic E-state index is 0.122. The molecular formula is C13H10BrNO3S. The average molecular weight is 340 g/mol. The third-order valence-electron chi connectivity index (χ3n) is 2.45. The number of benzene rings is 1. The molecule has 0 saturated carbocycles. The van der Waals surface area contributed by atoms with Gasteiger partial charge in [0.1, 0.15) is 5.75 Å². The van der Waals surface area contributed by atoms with Crippen LogP contribution in [0.3, 0.4) is 0 Å². The normalized spacial score (nSPS) is 17.3. The molecule has 0 bridgehead atoms. The first-order valence-electron chi connectivity index (χ1n) is 5.37. The van der Waals surface area contributed by atoms with Crippen molar-refractivity contribution in [2.45, 2.75) is 0 Å². The number of imide groups is 1. The fourth-order valence-corrected chi connectivity index (χ4v) is 2.80. The number of amides is 2. The van der Waals surface area contributed by atoms with Gasteiger partial charge in [0.25, 0.3) is 11.1 Å². The highest BCUT2D eigenvalue weighted by molar-refractivity contribution is 9.10. The Morgan fingerprint density at radius 1 is 1.42 bits per heavy atom. The molecule has 0 atom stereocenters. The Bertz CT molecular complexity index is 598. The van der Waals surface area contributed by atoms with Crippen LogP contribution in [0.25, 0.3) is 6.08 Å². The Balaban J connectivity index is 2.29. The number of phenols is 1. The van der Waals surface area contributed by atoms with Crippen molar-refractivity contribution in [3.63, 3.8) is 0 Å². The van der Waals surface area contributed by atoms with Crippen molar-refractivity contribution in [2.75, 3.05) is 6.54 Å². The minimum Gasteiger partial charge on any atom is -0.507 e. The fraction of sp³-hybridized carbons (Fsp3) is 0.0769. The van der Waals surface area contributed by atoms with Crippen LogP contribution in [0.4, 0.5) is 4.79 Å². The minimum atomic E-state index is -0.320. The standard InChI is InChI=1S/C13H10BrNO3S/c1-2-5-15-12(17)11(19-13(15)18)7-8-3-4-10(16)9(14)6-8/h2-4,6-7,16H,1,5H2/b11-7-. The van der Waals surface area contributed by atoms with Gasteiger partial charge in [-0.3, -0.25) is 14.5 Å². The summed E-state index contributed by atoms with van der Waals surface area (Å²) in [6.45, 7) is 3.72. The topological polar surface area (TPSA) is 57.6 Å². The SMILES string of the molecule is C=CCN1C(=O)S/C(=C\c2ccc(O)c(Br)c2)C1=O. The summed E-state index contributed by atoms with van der Waals surface area (Å²) < 4.78 is 0.534. The molecule has 98 valence electrons. The second-order valence-corrected chi connectivity index (χ2v) is 5.64. The summed E-state index contributed by atoms with van der Waals surface area (Å²) in [4.78, 5) is 25.1. The molecule has 0 spiro atoms. The fourth-order valence-electron chi connectivity index (χ4n) is 1.55. The van der Waals surface area contributed by atoms with Crippen molar-refractivity contribution in [1.29, 1.82) is 0 Å². The first-order valence-corrected chi connectivity index (χ1v) is 6.98. The molecule has 0 unspecified atom stereocenters. The molecule has 1 aliphatic heterocycles. The number of halogens is 1. The van der Waals surface area contributed by atoms with Crippen molar-refractivity contribution < 1.29 is 14.7 Å². The molecular weight excluding hydrogens is 330 g/mol. The van der Waals surface area contributed by atoms with Gasteiger partial charge in [0.2, 0.25) is 0 Å². The highest BCUT2D eigenvalue weighted by Crippen LogP contribution is 2.33. The monoisotopic (exact) mass is 339 g/mol. The quantitative estimate of drug-likeness (QED) is 0.677. The Labute approximate surface area is 122 Å². The van der Waals surface area contributed by atoms with Crippen LogP contribution in [-0.4, -0.2) is 27.7 Å². The molecule has 1 aromatic rings. The number of nitrogens with zero attached hydrogens (tertiary/aromatic N) is 1. The van der Waals surface area contributed by atoms with E-state index in [1.165, 1.54) is 12.1 Å². The third kappa shape index (κ3) is 2.90. The molecule has 1 fully saturated rings. The highest BCUT2D eigenvalue weighted by Gasteiger charge is 2.33. The number of aromatic hydroxyl groups is 1. The van der Waals surface area contributed by atoms with E-state index in [9.17, 15) is 14.7 Å². The number of carbonyl (C=O) groups excluding carboxylic acids is 2. The summed E-state index contributed by atoms with van der Waals surface area (Å²) in [7, 11) is 0. The molecule has 1 aromatic carbocycles. The lowest BCUT2D eigenvalue weighted by atomic mass is 10.2. The molecule has 1 aliphatic rings. The lowest BCUT2D eigenvalue weighted by Crippen LogP contribution is -2.27. The van der Waals surface area contributed by atoms with Gasteiger partial charge in [0, 0.05) is 6.54 Å². The Kier molecular flexibility index (Phi) is 4.11. The number of phenolic OH excluding ortho intramolecular Hbond substituents is 1. The first kappa shape index (κ1) is 13.9. The summed E-state index contributed by atoms with van der Waals surface area (Å²) in [5, 5.41) is 9.10. The summed E-state index contributed by atoms with van der Waals surface area (Å²) in [6.07, 6.45) is 3.13. The largest absolute Gasteiger partial charge is 0.507 e. The van der Waals surface area contributed by atoms with E-state index in [0.717, 1.165) is 22.2 Å².